The van der Waals surface area contributed by atoms with E-state index < -0.39 is 0 Å². The Kier molecular flexibility index (Phi) is 3.47. The summed E-state index contributed by atoms with van der Waals surface area (Å²) in [5.41, 5.74) is 5.62. The van der Waals surface area contributed by atoms with Gasteiger partial charge in [-0.3, -0.25) is 9.48 Å². The molecule has 2 rings (SSSR count). The van der Waals surface area contributed by atoms with Gasteiger partial charge in [-0.25, -0.2) is 0 Å². The molecule has 1 aromatic heterocycles. The van der Waals surface area contributed by atoms with Crippen molar-refractivity contribution in [2.75, 3.05) is 6.54 Å². The number of carbonyl (C=O) groups is 1. The van der Waals surface area contributed by atoms with Gasteiger partial charge in [-0.2, -0.15) is 5.10 Å². The van der Waals surface area contributed by atoms with E-state index in [2.05, 4.69) is 10.4 Å². The summed E-state index contributed by atoms with van der Waals surface area (Å²) < 4.78 is 1.66. The average Bonchev–Trinajstić information content (AvgIpc) is 2.99. The highest BCUT2D eigenvalue weighted by Crippen LogP contribution is 2.29. The summed E-state index contributed by atoms with van der Waals surface area (Å²) in [5, 5.41) is 7.19. The van der Waals surface area contributed by atoms with Crippen molar-refractivity contribution < 1.29 is 4.79 Å². The van der Waals surface area contributed by atoms with Crippen LogP contribution in [0.1, 0.15) is 38.6 Å². The fourth-order valence-corrected chi connectivity index (χ4v) is 2.43. The van der Waals surface area contributed by atoms with Crippen molar-refractivity contribution in [3.05, 3.63) is 18.5 Å². The Morgan fingerprint density at radius 2 is 2.29 bits per heavy atom. The molecular formula is C12H20N4O. The number of nitrogens with two attached hydrogens (primary N) is 1. The van der Waals surface area contributed by atoms with E-state index in [0.717, 1.165) is 25.7 Å². The van der Waals surface area contributed by atoms with Crippen molar-refractivity contribution in [3.63, 3.8) is 0 Å². The molecule has 1 fully saturated rings. The summed E-state index contributed by atoms with van der Waals surface area (Å²) in [6, 6.07) is 1.53. The lowest BCUT2D eigenvalue weighted by molar-refractivity contribution is -0.126. The topological polar surface area (TPSA) is 72.9 Å². The van der Waals surface area contributed by atoms with Crippen LogP contribution in [0.2, 0.25) is 0 Å². The van der Waals surface area contributed by atoms with Gasteiger partial charge in [0.05, 0.1) is 5.54 Å². The van der Waals surface area contributed by atoms with E-state index in [0.29, 0.717) is 6.54 Å². The summed E-state index contributed by atoms with van der Waals surface area (Å²) in [4.78, 5) is 12.1. The van der Waals surface area contributed by atoms with Gasteiger partial charge in [-0.05, 0) is 25.8 Å². The number of aromatic nitrogens is 2. The van der Waals surface area contributed by atoms with Gasteiger partial charge >= 0.3 is 0 Å². The van der Waals surface area contributed by atoms with Crippen LogP contribution in [0.5, 0.6) is 0 Å². The molecule has 3 N–H and O–H groups in total. The number of carbonyl (C=O) groups excluding carboxylic acids is 1. The third-order valence-corrected chi connectivity index (χ3v) is 3.64. The van der Waals surface area contributed by atoms with Crippen LogP contribution >= 0.6 is 0 Å². The van der Waals surface area contributed by atoms with E-state index in [1.54, 1.807) is 17.1 Å². The second-order valence-electron chi connectivity index (χ2n) is 4.84. The normalized spacial score (nSPS) is 20.1. The molecule has 1 atom stereocenters. The predicted molar refractivity (Wildman–Crippen MR) is 65.3 cm³/mol. The van der Waals surface area contributed by atoms with E-state index >= 15 is 0 Å². The van der Waals surface area contributed by atoms with Gasteiger partial charge in [-0.15, -0.1) is 0 Å². The summed E-state index contributed by atoms with van der Waals surface area (Å²) >= 11 is 0. The van der Waals surface area contributed by atoms with Gasteiger partial charge in [0.25, 0.3) is 0 Å². The molecule has 0 aromatic carbocycles. The molecule has 5 nitrogen and oxygen atoms in total. The molecule has 17 heavy (non-hydrogen) atoms. The average molecular weight is 236 g/mol. The van der Waals surface area contributed by atoms with Crippen molar-refractivity contribution in [2.45, 2.75) is 44.2 Å². The van der Waals surface area contributed by atoms with Gasteiger partial charge in [0, 0.05) is 18.9 Å². The zero-order valence-electron chi connectivity index (χ0n) is 10.2. The molecule has 1 unspecified atom stereocenters. The minimum absolute atomic E-state index is 0.000972. The summed E-state index contributed by atoms with van der Waals surface area (Å²) in [5.74, 6) is 0.000972. The van der Waals surface area contributed by atoms with Crippen LogP contribution in [0.15, 0.2) is 18.5 Å². The number of amides is 1. The lowest BCUT2D eigenvalue weighted by Crippen LogP contribution is -2.53. The van der Waals surface area contributed by atoms with Crippen LogP contribution in [-0.2, 0) is 4.79 Å². The maximum absolute atomic E-state index is 12.1. The Morgan fingerprint density at radius 3 is 2.82 bits per heavy atom. The van der Waals surface area contributed by atoms with Crippen LogP contribution in [0.4, 0.5) is 0 Å². The maximum atomic E-state index is 12.1. The Bertz CT molecular complexity index is 368. The number of nitrogens with zero attached hydrogens (tertiary/aromatic N) is 2. The Balaban J connectivity index is 2.01. The minimum atomic E-state index is -0.283. The molecule has 0 spiro atoms. The third kappa shape index (κ3) is 2.49. The van der Waals surface area contributed by atoms with Crippen LogP contribution in [-0.4, -0.2) is 27.8 Å². The predicted octanol–water partition coefficient (Wildman–Crippen LogP) is 0.832. The van der Waals surface area contributed by atoms with Crippen molar-refractivity contribution in [1.29, 1.82) is 0 Å². The first-order valence-corrected chi connectivity index (χ1v) is 6.18. The van der Waals surface area contributed by atoms with Crippen LogP contribution in [0.25, 0.3) is 0 Å². The Hall–Kier alpha value is -1.36. The van der Waals surface area contributed by atoms with Gasteiger partial charge in [0.15, 0.2) is 0 Å². The summed E-state index contributed by atoms with van der Waals surface area (Å²) in [6.07, 6.45) is 7.75. The smallest absolute Gasteiger partial charge is 0.245 e. The molecule has 1 heterocycles. The van der Waals surface area contributed by atoms with Gasteiger partial charge in [0.2, 0.25) is 5.91 Å². The quantitative estimate of drug-likeness (QED) is 0.813. The van der Waals surface area contributed by atoms with Gasteiger partial charge < -0.3 is 11.1 Å². The molecule has 1 amide bonds. The molecule has 1 aliphatic carbocycles. The molecule has 1 aromatic rings. The zero-order valence-corrected chi connectivity index (χ0v) is 10.2. The minimum Gasteiger partial charge on any atom is -0.348 e. The monoisotopic (exact) mass is 236 g/mol. The lowest BCUT2D eigenvalue weighted by atomic mass is 9.97. The first kappa shape index (κ1) is 12.1. The molecule has 0 aliphatic heterocycles. The molecule has 0 radical (unpaired) electrons. The van der Waals surface area contributed by atoms with E-state index in [9.17, 15) is 4.79 Å². The van der Waals surface area contributed by atoms with Gasteiger partial charge in [0.1, 0.15) is 6.04 Å². The second-order valence-corrected chi connectivity index (χ2v) is 4.84. The highest BCUT2D eigenvalue weighted by molar-refractivity contribution is 5.80. The fraction of sp³-hybridized carbons (Fsp3) is 0.667. The fourth-order valence-electron chi connectivity index (χ4n) is 2.43. The molecular weight excluding hydrogens is 216 g/mol. The molecule has 1 saturated carbocycles. The number of nitrogens with one attached hydrogen (secondary N) is 1. The Labute approximate surface area is 101 Å². The molecule has 0 bridgehead atoms. The Morgan fingerprint density at radius 1 is 1.59 bits per heavy atom. The standard InChI is InChI=1S/C12H20N4O/c1-10(16-8-4-7-14-16)11(17)15-12(9-13)5-2-3-6-12/h4,7-8,10H,2-3,5-6,9,13H2,1H3,(H,15,17). The molecule has 94 valence electrons. The van der Waals surface area contributed by atoms with E-state index in [4.69, 9.17) is 5.73 Å². The van der Waals surface area contributed by atoms with E-state index in [1.165, 1.54) is 0 Å². The highest BCUT2D eigenvalue weighted by atomic mass is 16.2. The van der Waals surface area contributed by atoms with E-state index in [-0.39, 0.29) is 17.5 Å². The summed E-state index contributed by atoms with van der Waals surface area (Å²) in [7, 11) is 0. The SMILES string of the molecule is CC(C(=O)NC1(CN)CCCC1)n1cccn1. The van der Waals surface area contributed by atoms with Crippen molar-refractivity contribution >= 4 is 5.91 Å². The second kappa shape index (κ2) is 4.87. The van der Waals surface area contributed by atoms with Crippen LogP contribution < -0.4 is 11.1 Å². The molecule has 0 saturated heterocycles. The largest absolute Gasteiger partial charge is 0.348 e. The lowest BCUT2D eigenvalue weighted by Gasteiger charge is -2.30. The van der Waals surface area contributed by atoms with Crippen molar-refractivity contribution in [3.8, 4) is 0 Å². The zero-order chi connectivity index (χ0) is 12.3. The van der Waals surface area contributed by atoms with E-state index in [1.807, 2.05) is 13.0 Å². The summed E-state index contributed by atoms with van der Waals surface area (Å²) in [6.45, 7) is 2.37. The number of hydrogen-bond acceptors (Lipinski definition) is 3. The highest BCUT2D eigenvalue weighted by Gasteiger charge is 2.35. The first-order chi connectivity index (χ1) is 8.17. The number of rotatable bonds is 4. The van der Waals surface area contributed by atoms with Crippen LogP contribution in [0, 0.1) is 0 Å². The van der Waals surface area contributed by atoms with Crippen molar-refractivity contribution in [2.24, 2.45) is 5.73 Å². The van der Waals surface area contributed by atoms with Gasteiger partial charge in [-0.1, -0.05) is 12.8 Å². The van der Waals surface area contributed by atoms with Crippen LogP contribution in [0.3, 0.4) is 0 Å². The first-order valence-electron chi connectivity index (χ1n) is 6.18. The molecule has 5 heteroatoms. The maximum Gasteiger partial charge on any atom is 0.245 e. The molecule has 1 aliphatic rings. The number of hydrogen-bond donors (Lipinski definition) is 2. The van der Waals surface area contributed by atoms with Crippen molar-refractivity contribution in [1.82, 2.24) is 15.1 Å². The third-order valence-electron chi connectivity index (χ3n) is 3.64.